The lowest BCUT2D eigenvalue weighted by molar-refractivity contribution is 0.150. The highest BCUT2D eigenvalue weighted by atomic mass is 127. The zero-order chi connectivity index (χ0) is 10.0. The fourth-order valence-electron chi connectivity index (χ4n) is 0.809. The van der Waals surface area contributed by atoms with Gasteiger partial charge in [0.15, 0.2) is 0 Å². The summed E-state index contributed by atoms with van der Waals surface area (Å²) in [5.41, 5.74) is 5.60. The van der Waals surface area contributed by atoms with Gasteiger partial charge in [0.05, 0.1) is 16.3 Å². The number of nitrogens with zero attached hydrogens (tertiary/aromatic N) is 1. The molecule has 13 heavy (non-hydrogen) atoms. The number of nitrogens with two attached hydrogens (primary N) is 1. The summed E-state index contributed by atoms with van der Waals surface area (Å²) in [6.07, 6.45) is -1.44. The van der Waals surface area contributed by atoms with Crippen LogP contribution in [0.15, 0.2) is 6.20 Å². The van der Waals surface area contributed by atoms with Crippen LogP contribution in [0.5, 0.6) is 0 Å². The van der Waals surface area contributed by atoms with E-state index >= 15 is 0 Å². The maximum Gasteiger partial charge on any atom is 0.266 e. The highest BCUT2D eigenvalue weighted by Crippen LogP contribution is 2.30. The molecule has 0 saturated heterocycles. The largest absolute Gasteiger partial charge is 0.325 e. The van der Waals surface area contributed by atoms with Crippen LogP contribution in [0, 0.1) is 3.57 Å². The van der Waals surface area contributed by atoms with Crippen LogP contribution in [0.4, 0.5) is 8.78 Å². The molecule has 1 aromatic heterocycles. The van der Waals surface area contributed by atoms with Crippen molar-refractivity contribution in [3.05, 3.63) is 26.0 Å². The van der Waals surface area contributed by atoms with Crippen molar-refractivity contribution in [3.63, 3.8) is 0 Å². The molecule has 0 bridgehead atoms. The smallest absolute Gasteiger partial charge is 0.266 e. The predicted octanol–water partition coefficient (Wildman–Crippen LogP) is 2.74. The van der Waals surface area contributed by atoms with Gasteiger partial charge in [0.2, 0.25) is 0 Å². The van der Waals surface area contributed by atoms with Crippen LogP contribution in [0.2, 0.25) is 5.02 Å². The lowest BCUT2D eigenvalue weighted by Gasteiger charge is -2.07. The molecule has 1 rings (SSSR count). The maximum atomic E-state index is 12.3. The summed E-state index contributed by atoms with van der Waals surface area (Å²) in [6, 6.07) is 0. The molecular formula is C7H6ClF2IN2. The molecule has 0 radical (unpaired) electrons. The van der Waals surface area contributed by atoms with E-state index in [1.54, 1.807) is 22.6 Å². The minimum absolute atomic E-state index is 0.150. The summed E-state index contributed by atoms with van der Waals surface area (Å²) in [4.78, 5) is 3.74. The number of hydrogen-bond donors (Lipinski definition) is 1. The van der Waals surface area contributed by atoms with Crippen LogP contribution < -0.4 is 5.73 Å². The van der Waals surface area contributed by atoms with E-state index in [0.717, 1.165) is 6.20 Å². The lowest BCUT2D eigenvalue weighted by atomic mass is 10.2. The summed E-state index contributed by atoms with van der Waals surface area (Å²) in [7, 11) is 0. The molecular weight excluding hydrogens is 312 g/mol. The van der Waals surface area contributed by atoms with Gasteiger partial charge in [-0.05, 0) is 22.6 Å². The normalized spacial score (nSPS) is 10.9. The zero-order valence-electron chi connectivity index (χ0n) is 6.40. The van der Waals surface area contributed by atoms with Crippen molar-refractivity contribution in [2.45, 2.75) is 13.0 Å². The van der Waals surface area contributed by atoms with Crippen LogP contribution >= 0.6 is 34.2 Å². The Morgan fingerprint density at radius 2 is 2.23 bits per heavy atom. The molecule has 1 aromatic rings. The molecule has 72 valence electrons. The van der Waals surface area contributed by atoms with Gasteiger partial charge in [-0.3, -0.25) is 4.98 Å². The number of rotatable bonds is 2. The molecule has 0 aliphatic carbocycles. The van der Waals surface area contributed by atoms with Gasteiger partial charge in [-0.25, -0.2) is 8.78 Å². The SMILES string of the molecule is NCc1ncc(C(F)F)c(I)c1Cl. The van der Waals surface area contributed by atoms with E-state index in [2.05, 4.69) is 4.98 Å². The Kier molecular flexibility index (Phi) is 3.81. The van der Waals surface area contributed by atoms with Gasteiger partial charge >= 0.3 is 0 Å². The third kappa shape index (κ3) is 2.26. The quantitative estimate of drug-likeness (QED) is 0.852. The number of aromatic nitrogens is 1. The Balaban J connectivity index is 3.23. The fourth-order valence-corrected chi connectivity index (χ4v) is 1.73. The molecule has 0 aliphatic rings. The molecule has 0 aromatic carbocycles. The highest BCUT2D eigenvalue weighted by Gasteiger charge is 2.16. The van der Waals surface area contributed by atoms with Crippen LogP contribution in [0.1, 0.15) is 17.7 Å². The van der Waals surface area contributed by atoms with Crippen molar-refractivity contribution in [1.82, 2.24) is 4.98 Å². The maximum absolute atomic E-state index is 12.3. The zero-order valence-corrected chi connectivity index (χ0v) is 9.31. The van der Waals surface area contributed by atoms with E-state index in [-0.39, 0.29) is 17.1 Å². The first-order chi connectivity index (χ1) is 6.07. The van der Waals surface area contributed by atoms with Crippen molar-refractivity contribution in [2.75, 3.05) is 0 Å². The van der Waals surface area contributed by atoms with Gasteiger partial charge in [0, 0.05) is 16.3 Å². The molecule has 0 saturated carbocycles. The Bertz CT molecular complexity index is 320. The van der Waals surface area contributed by atoms with E-state index in [9.17, 15) is 8.78 Å². The molecule has 0 spiro atoms. The van der Waals surface area contributed by atoms with Crippen LogP contribution in [0.25, 0.3) is 0 Å². The Morgan fingerprint density at radius 3 is 2.69 bits per heavy atom. The van der Waals surface area contributed by atoms with E-state index in [4.69, 9.17) is 17.3 Å². The number of alkyl halides is 2. The molecule has 0 aliphatic heterocycles. The van der Waals surface area contributed by atoms with Gasteiger partial charge in [0.1, 0.15) is 0 Å². The summed E-state index contributed by atoms with van der Waals surface area (Å²) in [6.45, 7) is 0.151. The Morgan fingerprint density at radius 1 is 1.62 bits per heavy atom. The van der Waals surface area contributed by atoms with Gasteiger partial charge in [-0.2, -0.15) is 0 Å². The molecule has 2 nitrogen and oxygen atoms in total. The van der Waals surface area contributed by atoms with E-state index in [1.807, 2.05) is 0 Å². The minimum Gasteiger partial charge on any atom is -0.325 e. The standard InChI is InChI=1S/C7H6ClF2IN2/c8-5-4(1-12)13-2-3(6(5)11)7(9)10/h2,7H,1,12H2. The number of pyridine rings is 1. The van der Waals surface area contributed by atoms with Crippen LogP contribution in [0.3, 0.4) is 0 Å². The van der Waals surface area contributed by atoms with Crippen molar-refractivity contribution >= 4 is 34.2 Å². The third-order valence-electron chi connectivity index (χ3n) is 1.49. The van der Waals surface area contributed by atoms with Crippen LogP contribution in [-0.4, -0.2) is 4.98 Å². The molecule has 0 fully saturated rings. The van der Waals surface area contributed by atoms with Crippen molar-refractivity contribution in [3.8, 4) is 0 Å². The number of halogens is 4. The first kappa shape index (κ1) is 11.1. The summed E-state index contributed by atoms with van der Waals surface area (Å²) >= 11 is 7.52. The van der Waals surface area contributed by atoms with E-state index < -0.39 is 6.43 Å². The Hall–Kier alpha value is -0.0100. The molecule has 2 N–H and O–H groups in total. The monoisotopic (exact) mass is 318 g/mol. The molecule has 0 atom stereocenters. The predicted molar refractivity (Wildman–Crippen MR) is 54.8 cm³/mol. The molecule has 6 heteroatoms. The van der Waals surface area contributed by atoms with Gasteiger partial charge < -0.3 is 5.73 Å². The summed E-state index contributed by atoms with van der Waals surface area (Å²) < 4.78 is 24.9. The average Bonchev–Trinajstić information content (AvgIpc) is 2.09. The fraction of sp³-hybridized carbons (Fsp3) is 0.286. The average molecular weight is 318 g/mol. The van der Waals surface area contributed by atoms with Crippen molar-refractivity contribution in [2.24, 2.45) is 5.73 Å². The molecule has 0 amide bonds. The number of hydrogen-bond acceptors (Lipinski definition) is 2. The van der Waals surface area contributed by atoms with Crippen molar-refractivity contribution in [1.29, 1.82) is 0 Å². The van der Waals surface area contributed by atoms with Gasteiger partial charge in [-0.15, -0.1) is 0 Å². The Labute approximate surface area is 92.6 Å². The van der Waals surface area contributed by atoms with Crippen molar-refractivity contribution < 1.29 is 8.78 Å². The minimum atomic E-state index is -2.55. The molecule has 1 heterocycles. The van der Waals surface area contributed by atoms with Crippen LogP contribution in [-0.2, 0) is 6.54 Å². The van der Waals surface area contributed by atoms with E-state index in [0.29, 0.717) is 9.26 Å². The summed E-state index contributed by atoms with van der Waals surface area (Å²) in [5, 5.41) is 0.223. The lowest BCUT2D eigenvalue weighted by Crippen LogP contribution is -2.04. The van der Waals surface area contributed by atoms with Gasteiger partial charge in [-0.1, -0.05) is 11.6 Å². The highest BCUT2D eigenvalue weighted by molar-refractivity contribution is 14.1. The summed E-state index contributed by atoms with van der Waals surface area (Å²) in [5.74, 6) is 0. The first-order valence-electron chi connectivity index (χ1n) is 3.39. The topological polar surface area (TPSA) is 38.9 Å². The first-order valence-corrected chi connectivity index (χ1v) is 4.84. The molecule has 0 unspecified atom stereocenters. The second-order valence-corrected chi connectivity index (χ2v) is 3.75. The van der Waals surface area contributed by atoms with Gasteiger partial charge in [0.25, 0.3) is 6.43 Å². The second-order valence-electron chi connectivity index (χ2n) is 2.29. The van der Waals surface area contributed by atoms with E-state index in [1.165, 1.54) is 0 Å². The second kappa shape index (κ2) is 4.47. The third-order valence-corrected chi connectivity index (χ3v) is 3.38.